The number of hydrogen-bond acceptors (Lipinski definition) is 4. The highest BCUT2D eigenvalue weighted by molar-refractivity contribution is 7.87. The molecule has 6 nitrogen and oxygen atoms in total. The van der Waals surface area contributed by atoms with Crippen LogP contribution in [0.25, 0.3) is 0 Å². The lowest BCUT2D eigenvalue weighted by Gasteiger charge is -2.26. The molecule has 0 aromatic rings. The van der Waals surface area contributed by atoms with Crippen molar-refractivity contribution in [2.75, 3.05) is 33.4 Å². The van der Waals surface area contributed by atoms with Crippen LogP contribution in [0, 0.1) is 0 Å². The van der Waals surface area contributed by atoms with Gasteiger partial charge in [0.2, 0.25) is 0 Å². The van der Waals surface area contributed by atoms with Crippen molar-refractivity contribution in [1.29, 1.82) is 0 Å². The molecule has 0 rings (SSSR count). The Bertz CT molecular complexity index is 303. The van der Waals surface area contributed by atoms with Crippen LogP contribution >= 0.6 is 0 Å². The number of rotatable bonds is 9. The zero-order valence-electron chi connectivity index (χ0n) is 11.1. The summed E-state index contributed by atoms with van der Waals surface area (Å²) in [5, 5.41) is 8.65. The summed E-state index contributed by atoms with van der Waals surface area (Å²) < 4.78 is 32.6. The molecular formula is C10H24N2O4S. The molecule has 0 saturated carbocycles. The average molecular weight is 268 g/mol. The molecule has 0 aliphatic heterocycles. The van der Waals surface area contributed by atoms with Crippen LogP contribution in [-0.2, 0) is 14.9 Å². The van der Waals surface area contributed by atoms with Gasteiger partial charge in [-0.1, -0.05) is 0 Å². The smallest absolute Gasteiger partial charge is 0.279 e. The molecule has 7 heteroatoms. The second kappa shape index (κ2) is 7.27. The number of aliphatic hydroxyl groups excluding tert-OH is 1. The zero-order chi connectivity index (χ0) is 13.5. The third-order valence-electron chi connectivity index (χ3n) is 2.26. The first-order valence-corrected chi connectivity index (χ1v) is 7.15. The predicted octanol–water partition coefficient (Wildman–Crippen LogP) is -0.0499. The summed E-state index contributed by atoms with van der Waals surface area (Å²) in [5.74, 6) is 0. The van der Waals surface area contributed by atoms with Crippen molar-refractivity contribution in [2.45, 2.75) is 32.8 Å². The molecule has 0 aromatic carbocycles. The SMILES string of the molecule is CCOC(C)(C)CNS(=O)(=O)N(C)CCCO. The molecular weight excluding hydrogens is 244 g/mol. The van der Waals surface area contributed by atoms with E-state index in [1.165, 1.54) is 11.4 Å². The number of nitrogens with zero attached hydrogens (tertiary/aromatic N) is 1. The summed E-state index contributed by atoms with van der Waals surface area (Å²) in [6.45, 7) is 6.54. The minimum atomic E-state index is -3.49. The quantitative estimate of drug-likeness (QED) is 0.614. The fraction of sp³-hybridized carbons (Fsp3) is 1.00. The minimum Gasteiger partial charge on any atom is -0.396 e. The van der Waals surface area contributed by atoms with Crippen LogP contribution in [0.3, 0.4) is 0 Å². The molecule has 0 aliphatic rings. The van der Waals surface area contributed by atoms with E-state index in [9.17, 15) is 8.42 Å². The molecule has 0 unspecified atom stereocenters. The first-order chi connectivity index (χ1) is 7.75. The monoisotopic (exact) mass is 268 g/mol. The van der Waals surface area contributed by atoms with Crippen molar-refractivity contribution in [2.24, 2.45) is 0 Å². The Morgan fingerprint density at radius 1 is 1.41 bits per heavy atom. The van der Waals surface area contributed by atoms with Gasteiger partial charge in [-0.05, 0) is 27.2 Å². The minimum absolute atomic E-state index is 0.0235. The van der Waals surface area contributed by atoms with Gasteiger partial charge < -0.3 is 9.84 Å². The highest BCUT2D eigenvalue weighted by Crippen LogP contribution is 2.08. The molecule has 0 saturated heterocycles. The summed E-state index contributed by atoms with van der Waals surface area (Å²) in [7, 11) is -2.01. The largest absolute Gasteiger partial charge is 0.396 e. The molecule has 0 atom stereocenters. The van der Waals surface area contributed by atoms with Crippen molar-refractivity contribution in [3.8, 4) is 0 Å². The summed E-state index contributed by atoms with van der Waals surface area (Å²) in [5.41, 5.74) is -0.528. The van der Waals surface area contributed by atoms with Gasteiger partial charge in [-0.25, -0.2) is 0 Å². The Morgan fingerprint density at radius 2 is 2.00 bits per heavy atom. The molecule has 0 bridgehead atoms. The second-order valence-corrected chi connectivity index (χ2v) is 6.28. The van der Waals surface area contributed by atoms with Gasteiger partial charge in [-0.15, -0.1) is 0 Å². The lowest BCUT2D eigenvalue weighted by molar-refractivity contribution is -0.00536. The zero-order valence-corrected chi connectivity index (χ0v) is 11.9. The Hall–Kier alpha value is -0.210. The van der Waals surface area contributed by atoms with Crippen LogP contribution < -0.4 is 4.72 Å². The highest BCUT2D eigenvalue weighted by atomic mass is 32.2. The van der Waals surface area contributed by atoms with Crippen molar-refractivity contribution in [3.63, 3.8) is 0 Å². The van der Waals surface area contributed by atoms with Crippen molar-refractivity contribution in [3.05, 3.63) is 0 Å². The number of nitrogens with one attached hydrogen (secondary N) is 1. The lowest BCUT2D eigenvalue weighted by atomic mass is 10.1. The Kier molecular flexibility index (Phi) is 7.18. The summed E-state index contributed by atoms with van der Waals surface area (Å²) >= 11 is 0. The van der Waals surface area contributed by atoms with E-state index in [1.54, 1.807) is 0 Å². The number of ether oxygens (including phenoxy) is 1. The fourth-order valence-electron chi connectivity index (χ4n) is 1.23. The maximum absolute atomic E-state index is 11.8. The third kappa shape index (κ3) is 6.95. The van der Waals surface area contributed by atoms with Gasteiger partial charge in [0.05, 0.1) is 5.60 Å². The van der Waals surface area contributed by atoms with Gasteiger partial charge in [0.1, 0.15) is 0 Å². The van der Waals surface area contributed by atoms with Crippen LogP contribution in [0.5, 0.6) is 0 Å². The first-order valence-electron chi connectivity index (χ1n) is 5.71. The van der Waals surface area contributed by atoms with E-state index in [2.05, 4.69) is 4.72 Å². The lowest BCUT2D eigenvalue weighted by Crippen LogP contribution is -2.46. The standard InChI is InChI=1S/C10H24N2O4S/c1-5-16-10(2,3)9-11-17(14,15)12(4)7-6-8-13/h11,13H,5-9H2,1-4H3. The first kappa shape index (κ1) is 16.8. The molecule has 0 radical (unpaired) electrons. The van der Waals surface area contributed by atoms with E-state index in [1.807, 2.05) is 20.8 Å². The molecule has 0 spiro atoms. The van der Waals surface area contributed by atoms with Crippen LogP contribution in [-0.4, -0.2) is 56.8 Å². The third-order valence-corrected chi connectivity index (χ3v) is 3.77. The van der Waals surface area contributed by atoms with E-state index in [-0.39, 0.29) is 13.2 Å². The van der Waals surface area contributed by atoms with Gasteiger partial charge >= 0.3 is 0 Å². The van der Waals surface area contributed by atoms with Crippen molar-refractivity contribution >= 4 is 10.2 Å². The van der Waals surface area contributed by atoms with Gasteiger partial charge in [-0.3, -0.25) is 0 Å². The fourth-order valence-corrected chi connectivity index (χ4v) is 2.35. The molecule has 2 N–H and O–H groups in total. The topological polar surface area (TPSA) is 78.9 Å². The number of aliphatic hydroxyl groups is 1. The van der Waals surface area contributed by atoms with E-state index in [0.29, 0.717) is 19.6 Å². The summed E-state index contributed by atoms with van der Waals surface area (Å²) in [6.07, 6.45) is 0.423. The molecule has 104 valence electrons. The van der Waals surface area contributed by atoms with E-state index < -0.39 is 15.8 Å². The average Bonchev–Trinajstić information content (AvgIpc) is 2.23. The van der Waals surface area contributed by atoms with E-state index in [4.69, 9.17) is 9.84 Å². The van der Waals surface area contributed by atoms with Crippen molar-refractivity contribution in [1.82, 2.24) is 9.03 Å². The molecule has 0 heterocycles. The van der Waals surface area contributed by atoms with Crippen LogP contribution in [0.15, 0.2) is 0 Å². The Labute approximate surface area is 104 Å². The normalized spacial score (nSPS) is 13.3. The Morgan fingerprint density at radius 3 is 2.47 bits per heavy atom. The van der Waals surface area contributed by atoms with Crippen LogP contribution in [0.4, 0.5) is 0 Å². The van der Waals surface area contributed by atoms with Gasteiger partial charge in [0, 0.05) is 33.4 Å². The highest BCUT2D eigenvalue weighted by Gasteiger charge is 2.23. The molecule has 0 aromatic heterocycles. The van der Waals surface area contributed by atoms with Gasteiger partial charge in [0.15, 0.2) is 0 Å². The van der Waals surface area contributed by atoms with E-state index >= 15 is 0 Å². The molecule has 17 heavy (non-hydrogen) atoms. The van der Waals surface area contributed by atoms with Crippen LogP contribution in [0.1, 0.15) is 27.2 Å². The van der Waals surface area contributed by atoms with Gasteiger partial charge in [-0.2, -0.15) is 17.4 Å². The molecule has 0 aliphatic carbocycles. The molecule has 0 fully saturated rings. The van der Waals surface area contributed by atoms with E-state index in [0.717, 1.165) is 0 Å². The summed E-state index contributed by atoms with van der Waals surface area (Å²) in [6, 6.07) is 0. The predicted molar refractivity (Wildman–Crippen MR) is 67.0 cm³/mol. The maximum Gasteiger partial charge on any atom is 0.279 e. The van der Waals surface area contributed by atoms with Crippen molar-refractivity contribution < 1.29 is 18.3 Å². The molecule has 0 amide bonds. The number of hydrogen-bond donors (Lipinski definition) is 2. The van der Waals surface area contributed by atoms with Gasteiger partial charge in [0.25, 0.3) is 10.2 Å². The second-order valence-electron chi connectivity index (χ2n) is 4.42. The Balaban J connectivity index is 4.26. The summed E-state index contributed by atoms with van der Waals surface area (Å²) in [4.78, 5) is 0. The van der Waals surface area contributed by atoms with Crippen LogP contribution in [0.2, 0.25) is 0 Å². The maximum atomic E-state index is 11.8.